The van der Waals surface area contributed by atoms with Crippen LogP contribution in [0.5, 0.6) is 0 Å². The lowest BCUT2D eigenvalue weighted by Gasteiger charge is -2.10. The Morgan fingerprint density at radius 1 is 0.786 bits per heavy atom. The number of hydrazone groups is 1. The molecule has 0 fully saturated rings. The number of hydrogen-bond donors (Lipinski definition) is 1. The number of fused-ring (bicyclic) bond motifs is 1. The van der Waals surface area contributed by atoms with Crippen molar-refractivity contribution in [1.29, 1.82) is 0 Å². The summed E-state index contributed by atoms with van der Waals surface area (Å²) in [5, 5.41) is 4.31. The summed E-state index contributed by atoms with van der Waals surface area (Å²) in [7, 11) is 0. The van der Waals surface area contributed by atoms with E-state index in [-0.39, 0.29) is 0 Å². The van der Waals surface area contributed by atoms with Gasteiger partial charge in [-0.3, -0.25) is 5.43 Å². The first-order valence-corrected chi connectivity index (χ1v) is 8.37. The number of hydrogen-bond acceptors (Lipinski definition) is 3. The molecule has 3 aromatic rings. The van der Waals surface area contributed by atoms with Gasteiger partial charge in [0.25, 0.3) is 0 Å². The summed E-state index contributed by atoms with van der Waals surface area (Å²) in [4.78, 5) is 4.53. The number of halogens is 4. The largest absolute Gasteiger partial charge is 0.416 e. The van der Waals surface area contributed by atoms with Crippen molar-refractivity contribution in [3.8, 4) is 0 Å². The van der Waals surface area contributed by atoms with Crippen LogP contribution in [0.2, 0.25) is 0 Å². The van der Waals surface area contributed by atoms with E-state index in [9.17, 15) is 17.6 Å². The molecule has 0 spiro atoms. The SMILES string of the molecule is Fc1ccc2c(c1)C(c1ccc(C(F)(F)F)cc1)=NNC(c1ccccc1)=N2. The third-order valence-electron chi connectivity index (χ3n) is 4.25. The van der Waals surface area contributed by atoms with Gasteiger partial charge in [0.05, 0.1) is 11.3 Å². The summed E-state index contributed by atoms with van der Waals surface area (Å²) < 4.78 is 52.4. The van der Waals surface area contributed by atoms with Gasteiger partial charge in [0.1, 0.15) is 11.5 Å². The minimum Gasteiger partial charge on any atom is -0.260 e. The summed E-state index contributed by atoms with van der Waals surface area (Å²) in [6, 6.07) is 17.9. The molecule has 1 aliphatic heterocycles. The van der Waals surface area contributed by atoms with E-state index in [1.165, 1.54) is 30.3 Å². The van der Waals surface area contributed by atoms with Gasteiger partial charge in [-0.25, -0.2) is 9.38 Å². The molecule has 0 bridgehead atoms. The Labute approximate surface area is 158 Å². The predicted molar refractivity (Wildman–Crippen MR) is 99.3 cm³/mol. The van der Waals surface area contributed by atoms with E-state index < -0.39 is 17.6 Å². The highest BCUT2D eigenvalue weighted by Gasteiger charge is 2.30. The van der Waals surface area contributed by atoms with E-state index in [1.54, 1.807) is 0 Å². The van der Waals surface area contributed by atoms with Crippen LogP contribution in [-0.4, -0.2) is 11.5 Å². The molecule has 0 amide bonds. The Morgan fingerprint density at radius 2 is 1.50 bits per heavy atom. The number of benzene rings is 3. The number of nitrogens with one attached hydrogen (secondary N) is 1. The highest BCUT2D eigenvalue weighted by atomic mass is 19.4. The normalized spacial score (nSPS) is 13.7. The highest BCUT2D eigenvalue weighted by Crippen LogP contribution is 2.31. The molecule has 0 aromatic heterocycles. The first-order chi connectivity index (χ1) is 13.4. The van der Waals surface area contributed by atoms with Gasteiger partial charge in [-0.1, -0.05) is 42.5 Å². The summed E-state index contributed by atoms with van der Waals surface area (Å²) in [6.07, 6.45) is -4.43. The van der Waals surface area contributed by atoms with Gasteiger partial charge < -0.3 is 0 Å². The van der Waals surface area contributed by atoms with E-state index in [4.69, 9.17) is 0 Å². The zero-order valence-electron chi connectivity index (χ0n) is 14.3. The summed E-state index contributed by atoms with van der Waals surface area (Å²) >= 11 is 0. The fourth-order valence-corrected chi connectivity index (χ4v) is 2.87. The zero-order chi connectivity index (χ0) is 19.7. The molecule has 4 rings (SSSR count). The number of amidine groups is 1. The van der Waals surface area contributed by atoms with Crippen molar-refractivity contribution >= 4 is 17.2 Å². The van der Waals surface area contributed by atoms with Gasteiger partial charge >= 0.3 is 6.18 Å². The Kier molecular flexibility index (Phi) is 4.43. The van der Waals surface area contributed by atoms with Gasteiger partial charge in [0, 0.05) is 16.7 Å². The lowest BCUT2D eigenvalue weighted by Crippen LogP contribution is -2.19. The lowest BCUT2D eigenvalue weighted by molar-refractivity contribution is -0.137. The molecule has 0 saturated heterocycles. The molecule has 3 nitrogen and oxygen atoms in total. The molecular weight excluding hydrogens is 370 g/mol. The van der Waals surface area contributed by atoms with Crippen LogP contribution in [0.1, 0.15) is 22.3 Å². The van der Waals surface area contributed by atoms with Gasteiger partial charge in [-0.2, -0.15) is 18.3 Å². The molecule has 0 aliphatic carbocycles. The number of rotatable bonds is 2. The summed E-state index contributed by atoms with van der Waals surface area (Å²) in [5.41, 5.74) is 4.43. The topological polar surface area (TPSA) is 36.8 Å². The average Bonchev–Trinajstić information content (AvgIpc) is 2.87. The van der Waals surface area contributed by atoms with E-state index in [0.29, 0.717) is 28.4 Å². The second-order valence-corrected chi connectivity index (χ2v) is 6.14. The highest BCUT2D eigenvalue weighted by molar-refractivity contribution is 6.18. The number of alkyl halides is 3. The Bertz CT molecular complexity index is 1070. The van der Waals surface area contributed by atoms with Crippen LogP contribution in [0.15, 0.2) is 82.9 Å². The van der Waals surface area contributed by atoms with Crippen molar-refractivity contribution in [3.05, 3.63) is 101 Å². The van der Waals surface area contributed by atoms with E-state index in [0.717, 1.165) is 17.7 Å². The van der Waals surface area contributed by atoms with Crippen molar-refractivity contribution in [2.45, 2.75) is 6.18 Å². The fourth-order valence-electron chi connectivity index (χ4n) is 2.87. The van der Waals surface area contributed by atoms with Crippen molar-refractivity contribution in [2.75, 3.05) is 0 Å². The summed E-state index contributed by atoms with van der Waals surface area (Å²) in [5.74, 6) is -0.0351. The molecule has 1 heterocycles. The third kappa shape index (κ3) is 3.51. The van der Waals surface area contributed by atoms with Gasteiger partial charge in [-0.15, -0.1) is 0 Å². The van der Waals surface area contributed by atoms with Gasteiger partial charge in [-0.05, 0) is 30.3 Å². The Morgan fingerprint density at radius 3 is 2.18 bits per heavy atom. The second-order valence-electron chi connectivity index (χ2n) is 6.14. The lowest BCUT2D eigenvalue weighted by atomic mass is 9.99. The molecule has 1 aliphatic rings. The molecule has 140 valence electrons. The van der Waals surface area contributed by atoms with Gasteiger partial charge in [0.2, 0.25) is 0 Å². The monoisotopic (exact) mass is 383 g/mol. The first-order valence-electron chi connectivity index (χ1n) is 8.37. The quantitative estimate of drug-likeness (QED) is 0.601. The second kappa shape index (κ2) is 6.92. The number of nitrogens with zero attached hydrogens (tertiary/aromatic N) is 2. The van der Waals surface area contributed by atoms with Crippen LogP contribution in [0.25, 0.3) is 0 Å². The van der Waals surface area contributed by atoms with Crippen molar-refractivity contribution in [2.24, 2.45) is 10.1 Å². The third-order valence-corrected chi connectivity index (χ3v) is 4.25. The Hall–Kier alpha value is -3.48. The van der Waals surface area contributed by atoms with Crippen molar-refractivity contribution in [1.82, 2.24) is 5.43 Å². The molecule has 0 saturated carbocycles. The maximum atomic E-state index is 13.9. The van der Waals surface area contributed by atoms with Crippen molar-refractivity contribution in [3.63, 3.8) is 0 Å². The summed E-state index contributed by atoms with van der Waals surface area (Å²) in [6.45, 7) is 0. The van der Waals surface area contributed by atoms with E-state index >= 15 is 0 Å². The molecule has 0 unspecified atom stereocenters. The molecule has 1 N–H and O–H groups in total. The van der Waals surface area contributed by atoms with E-state index in [1.807, 2.05) is 30.3 Å². The number of aliphatic imine (C=N–C) groups is 1. The fraction of sp³-hybridized carbons (Fsp3) is 0.0476. The smallest absolute Gasteiger partial charge is 0.260 e. The molecule has 3 aromatic carbocycles. The molecule has 0 atom stereocenters. The van der Waals surface area contributed by atoms with Crippen LogP contribution in [0.3, 0.4) is 0 Å². The predicted octanol–water partition coefficient (Wildman–Crippen LogP) is 5.28. The average molecular weight is 383 g/mol. The van der Waals surface area contributed by atoms with Crippen LogP contribution < -0.4 is 5.43 Å². The molecular formula is C21H13F4N3. The van der Waals surface area contributed by atoms with Gasteiger partial charge in [0.15, 0.2) is 5.84 Å². The maximum absolute atomic E-state index is 13.9. The van der Waals surface area contributed by atoms with Crippen LogP contribution in [-0.2, 0) is 6.18 Å². The Balaban J connectivity index is 1.81. The van der Waals surface area contributed by atoms with Crippen LogP contribution in [0, 0.1) is 5.82 Å². The zero-order valence-corrected chi connectivity index (χ0v) is 14.3. The van der Waals surface area contributed by atoms with E-state index in [2.05, 4.69) is 15.5 Å². The molecule has 0 radical (unpaired) electrons. The van der Waals surface area contributed by atoms with Crippen LogP contribution in [0.4, 0.5) is 23.2 Å². The van der Waals surface area contributed by atoms with Crippen molar-refractivity contribution < 1.29 is 17.6 Å². The minimum absolute atomic E-state index is 0.304. The maximum Gasteiger partial charge on any atom is 0.416 e. The standard InChI is InChI=1S/C21H13F4N3/c22-16-10-11-18-17(12-16)19(13-6-8-15(9-7-13)21(23,24)25)27-28-20(26-18)14-4-2-1-3-5-14/h1-12H,(H,26,28). The van der Waals surface area contributed by atoms with Crippen LogP contribution >= 0.6 is 0 Å². The molecule has 7 heteroatoms. The minimum atomic E-state index is -4.43. The first kappa shape index (κ1) is 17.9. The molecule has 28 heavy (non-hydrogen) atoms.